The van der Waals surface area contributed by atoms with E-state index in [0.717, 1.165) is 17.2 Å². The van der Waals surface area contributed by atoms with Gasteiger partial charge < -0.3 is 10.3 Å². The molecule has 4 nitrogen and oxygen atoms in total. The zero-order valence-corrected chi connectivity index (χ0v) is 13.9. The van der Waals surface area contributed by atoms with Gasteiger partial charge in [-0.3, -0.25) is 0 Å². The Hall–Kier alpha value is -1.68. The standard InChI is InChI=1S/C17H26N4/c1-16(2,3)13-9-7-12(8-10-13)15-20-19-14(11-18)21(15)17(4,5)6/h7-10H,11,18H2,1-6H3. The number of aromatic nitrogens is 3. The normalized spacial score (nSPS) is 12.7. The van der Waals surface area contributed by atoms with Crippen molar-refractivity contribution in [3.8, 4) is 11.4 Å². The lowest BCUT2D eigenvalue weighted by molar-refractivity contribution is 0.386. The summed E-state index contributed by atoms with van der Waals surface area (Å²) in [4.78, 5) is 0. The zero-order valence-electron chi connectivity index (χ0n) is 13.9. The van der Waals surface area contributed by atoms with Gasteiger partial charge in [-0.15, -0.1) is 10.2 Å². The molecule has 21 heavy (non-hydrogen) atoms. The van der Waals surface area contributed by atoms with E-state index in [1.807, 2.05) is 0 Å². The van der Waals surface area contributed by atoms with E-state index in [-0.39, 0.29) is 11.0 Å². The van der Waals surface area contributed by atoms with Crippen molar-refractivity contribution in [3.63, 3.8) is 0 Å². The van der Waals surface area contributed by atoms with Crippen molar-refractivity contribution in [2.24, 2.45) is 5.73 Å². The van der Waals surface area contributed by atoms with Gasteiger partial charge in [0.15, 0.2) is 5.82 Å². The summed E-state index contributed by atoms with van der Waals surface area (Å²) >= 11 is 0. The molecule has 114 valence electrons. The van der Waals surface area contributed by atoms with Crippen LogP contribution >= 0.6 is 0 Å². The average Bonchev–Trinajstić information content (AvgIpc) is 2.81. The van der Waals surface area contributed by atoms with E-state index in [4.69, 9.17) is 5.73 Å². The fraction of sp³-hybridized carbons (Fsp3) is 0.529. The number of nitrogens with two attached hydrogens (primary N) is 1. The summed E-state index contributed by atoms with van der Waals surface area (Å²) in [5, 5.41) is 8.59. The molecule has 0 aliphatic heterocycles. The Morgan fingerprint density at radius 1 is 0.952 bits per heavy atom. The van der Waals surface area contributed by atoms with Gasteiger partial charge in [-0.2, -0.15) is 0 Å². The number of nitrogens with zero attached hydrogens (tertiary/aromatic N) is 3. The van der Waals surface area contributed by atoms with Gasteiger partial charge in [0.05, 0.1) is 6.54 Å². The molecule has 2 rings (SSSR count). The molecular weight excluding hydrogens is 260 g/mol. The largest absolute Gasteiger partial charge is 0.324 e. The fourth-order valence-electron chi connectivity index (χ4n) is 2.46. The highest BCUT2D eigenvalue weighted by atomic mass is 15.3. The molecule has 0 atom stereocenters. The van der Waals surface area contributed by atoms with Gasteiger partial charge in [0.2, 0.25) is 0 Å². The highest BCUT2D eigenvalue weighted by Crippen LogP contribution is 2.28. The highest BCUT2D eigenvalue weighted by molar-refractivity contribution is 5.56. The van der Waals surface area contributed by atoms with Gasteiger partial charge in [0.1, 0.15) is 5.82 Å². The molecule has 0 saturated heterocycles. The van der Waals surface area contributed by atoms with Crippen molar-refractivity contribution in [2.45, 2.75) is 59.0 Å². The smallest absolute Gasteiger partial charge is 0.164 e. The fourth-order valence-corrected chi connectivity index (χ4v) is 2.46. The van der Waals surface area contributed by atoms with Crippen LogP contribution in [0.4, 0.5) is 0 Å². The maximum absolute atomic E-state index is 5.80. The Balaban J connectivity index is 2.50. The number of benzene rings is 1. The summed E-state index contributed by atoms with van der Waals surface area (Å²) in [6.45, 7) is 13.5. The monoisotopic (exact) mass is 286 g/mol. The lowest BCUT2D eigenvalue weighted by Crippen LogP contribution is -2.26. The molecule has 4 heteroatoms. The molecule has 1 aromatic heterocycles. The van der Waals surface area contributed by atoms with Gasteiger partial charge in [0, 0.05) is 11.1 Å². The Bertz CT molecular complexity index is 610. The zero-order chi connectivity index (χ0) is 15.8. The molecule has 2 N–H and O–H groups in total. The summed E-state index contributed by atoms with van der Waals surface area (Å²) in [6.07, 6.45) is 0. The molecule has 0 radical (unpaired) electrons. The summed E-state index contributed by atoms with van der Waals surface area (Å²) < 4.78 is 2.12. The maximum atomic E-state index is 5.80. The van der Waals surface area contributed by atoms with Crippen LogP contribution in [0, 0.1) is 0 Å². The minimum atomic E-state index is -0.101. The van der Waals surface area contributed by atoms with Crippen LogP contribution in [0.15, 0.2) is 24.3 Å². The number of hydrogen-bond acceptors (Lipinski definition) is 3. The first-order valence-corrected chi connectivity index (χ1v) is 7.40. The molecule has 0 spiro atoms. The predicted molar refractivity (Wildman–Crippen MR) is 87.0 cm³/mol. The first-order chi connectivity index (χ1) is 9.64. The second-order valence-electron chi connectivity index (χ2n) is 7.48. The van der Waals surface area contributed by atoms with Crippen molar-refractivity contribution in [3.05, 3.63) is 35.7 Å². The second kappa shape index (κ2) is 5.26. The van der Waals surface area contributed by atoms with E-state index in [1.54, 1.807) is 0 Å². The molecule has 0 aliphatic carbocycles. The quantitative estimate of drug-likeness (QED) is 0.920. The first kappa shape index (κ1) is 15.7. The lowest BCUT2D eigenvalue weighted by Gasteiger charge is -2.25. The van der Waals surface area contributed by atoms with Crippen LogP contribution in [0.2, 0.25) is 0 Å². The van der Waals surface area contributed by atoms with Crippen LogP contribution in [0.25, 0.3) is 11.4 Å². The van der Waals surface area contributed by atoms with E-state index >= 15 is 0 Å². The topological polar surface area (TPSA) is 56.7 Å². The average molecular weight is 286 g/mol. The van der Waals surface area contributed by atoms with E-state index in [0.29, 0.717) is 6.54 Å². The van der Waals surface area contributed by atoms with Gasteiger partial charge in [-0.25, -0.2) is 0 Å². The van der Waals surface area contributed by atoms with Crippen LogP contribution in [0.3, 0.4) is 0 Å². The van der Waals surface area contributed by atoms with Crippen LogP contribution in [-0.2, 0) is 17.5 Å². The first-order valence-electron chi connectivity index (χ1n) is 7.40. The highest BCUT2D eigenvalue weighted by Gasteiger charge is 2.23. The van der Waals surface area contributed by atoms with Gasteiger partial charge in [0.25, 0.3) is 0 Å². The van der Waals surface area contributed by atoms with Gasteiger partial charge >= 0.3 is 0 Å². The third kappa shape index (κ3) is 3.16. The van der Waals surface area contributed by atoms with Crippen molar-refractivity contribution in [1.82, 2.24) is 14.8 Å². The van der Waals surface area contributed by atoms with E-state index in [2.05, 4.69) is 80.6 Å². The molecule has 0 aliphatic rings. The molecular formula is C17H26N4. The Morgan fingerprint density at radius 2 is 1.52 bits per heavy atom. The van der Waals surface area contributed by atoms with E-state index in [9.17, 15) is 0 Å². The summed E-state index contributed by atoms with van der Waals surface area (Å²) in [6, 6.07) is 8.57. The molecule has 0 bridgehead atoms. The van der Waals surface area contributed by atoms with Crippen molar-refractivity contribution < 1.29 is 0 Å². The maximum Gasteiger partial charge on any atom is 0.164 e. The van der Waals surface area contributed by atoms with E-state index in [1.165, 1.54) is 5.56 Å². The van der Waals surface area contributed by atoms with Gasteiger partial charge in [-0.05, 0) is 31.7 Å². The minimum Gasteiger partial charge on any atom is -0.324 e. The van der Waals surface area contributed by atoms with Gasteiger partial charge in [-0.1, -0.05) is 45.0 Å². The van der Waals surface area contributed by atoms with Crippen LogP contribution in [-0.4, -0.2) is 14.8 Å². The van der Waals surface area contributed by atoms with Crippen molar-refractivity contribution in [2.75, 3.05) is 0 Å². The molecule has 0 saturated carbocycles. The molecule has 0 unspecified atom stereocenters. The van der Waals surface area contributed by atoms with Crippen molar-refractivity contribution >= 4 is 0 Å². The Kier molecular flexibility index (Phi) is 3.93. The van der Waals surface area contributed by atoms with E-state index < -0.39 is 0 Å². The van der Waals surface area contributed by atoms with Crippen LogP contribution in [0.5, 0.6) is 0 Å². The lowest BCUT2D eigenvalue weighted by atomic mass is 9.86. The molecule has 0 amide bonds. The molecule has 0 fully saturated rings. The number of hydrogen-bond donors (Lipinski definition) is 1. The molecule has 1 aromatic carbocycles. The minimum absolute atomic E-state index is 0.101. The number of rotatable bonds is 2. The summed E-state index contributed by atoms with van der Waals surface area (Å²) in [7, 11) is 0. The second-order valence-corrected chi connectivity index (χ2v) is 7.48. The molecule has 1 heterocycles. The summed E-state index contributed by atoms with van der Waals surface area (Å²) in [5.41, 5.74) is 8.23. The van der Waals surface area contributed by atoms with Crippen molar-refractivity contribution in [1.29, 1.82) is 0 Å². The third-order valence-corrected chi connectivity index (χ3v) is 3.59. The van der Waals surface area contributed by atoms with Crippen LogP contribution < -0.4 is 5.73 Å². The Labute approximate surface area is 127 Å². The molecule has 2 aromatic rings. The Morgan fingerprint density at radius 3 is 1.95 bits per heavy atom. The third-order valence-electron chi connectivity index (χ3n) is 3.59. The van der Waals surface area contributed by atoms with Crippen LogP contribution in [0.1, 0.15) is 52.9 Å². The predicted octanol–water partition coefficient (Wildman–Crippen LogP) is 3.46. The SMILES string of the molecule is CC(C)(C)c1ccc(-c2nnc(CN)n2C(C)(C)C)cc1. The summed E-state index contributed by atoms with van der Waals surface area (Å²) in [5.74, 6) is 1.70.